The highest BCUT2D eigenvalue weighted by Gasteiger charge is 2.35. The van der Waals surface area contributed by atoms with Crippen molar-refractivity contribution in [2.75, 3.05) is 54.1 Å². The van der Waals surface area contributed by atoms with Crippen LogP contribution in [-0.4, -0.2) is 69.6 Å². The van der Waals surface area contributed by atoms with Crippen molar-refractivity contribution in [1.29, 1.82) is 0 Å². The minimum Gasteiger partial charge on any atom is -0.493 e. The number of hydrogen-bond acceptors (Lipinski definition) is 5. The van der Waals surface area contributed by atoms with Gasteiger partial charge in [-0.25, -0.2) is 0 Å². The number of likely N-dealkylation sites (tertiary alicyclic amines) is 1. The largest absolute Gasteiger partial charge is 0.493 e. The molecule has 0 aromatic heterocycles. The Morgan fingerprint density at radius 1 is 1.03 bits per heavy atom. The highest BCUT2D eigenvalue weighted by atomic mass is 16.5. The summed E-state index contributed by atoms with van der Waals surface area (Å²) in [6.45, 7) is 7.33. The molecule has 4 aliphatic rings. The molecule has 3 fully saturated rings. The predicted molar refractivity (Wildman–Crippen MR) is 148 cm³/mol. The molecule has 36 heavy (non-hydrogen) atoms. The van der Waals surface area contributed by atoms with Gasteiger partial charge in [0.1, 0.15) is 5.75 Å². The van der Waals surface area contributed by atoms with Gasteiger partial charge in [0.2, 0.25) is 0 Å². The molecule has 5 nitrogen and oxygen atoms in total. The Labute approximate surface area is 219 Å². The summed E-state index contributed by atoms with van der Waals surface area (Å²) in [5.41, 5.74) is 5.91. The third kappa shape index (κ3) is 6.52. The summed E-state index contributed by atoms with van der Waals surface area (Å²) in [5, 5.41) is 0. The van der Waals surface area contributed by atoms with Crippen molar-refractivity contribution in [1.82, 2.24) is 9.80 Å². The number of methoxy groups -OCH3 is 1. The van der Waals surface area contributed by atoms with Crippen molar-refractivity contribution in [2.24, 2.45) is 22.2 Å². The Bertz CT molecular complexity index is 888. The van der Waals surface area contributed by atoms with Crippen LogP contribution in [0.5, 0.6) is 5.75 Å². The molecule has 5 heteroatoms. The molecule has 0 unspecified atom stereocenters. The number of rotatable bonds is 12. The summed E-state index contributed by atoms with van der Waals surface area (Å²) in [7, 11) is 6.19. The summed E-state index contributed by atoms with van der Waals surface area (Å²) < 4.78 is 12.0. The van der Waals surface area contributed by atoms with Crippen molar-refractivity contribution in [3.63, 3.8) is 0 Å². The average molecular weight is 496 g/mol. The summed E-state index contributed by atoms with van der Waals surface area (Å²) >= 11 is 0. The number of benzene rings is 1. The number of ether oxygens (including phenoxy) is 2. The van der Waals surface area contributed by atoms with Gasteiger partial charge in [0.05, 0.1) is 19.8 Å². The smallest absolute Gasteiger partial charge is 0.124 e. The maximum atomic E-state index is 6.27. The maximum absolute atomic E-state index is 6.27. The predicted octanol–water partition coefficient (Wildman–Crippen LogP) is 5.93. The van der Waals surface area contributed by atoms with E-state index in [1.807, 2.05) is 7.11 Å². The van der Waals surface area contributed by atoms with Gasteiger partial charge in [0.25, 0.3) is 0 Å². The van der Waals surface area contributed by atoms with Gasteiger partial charge in [-0.2, -0.15) is 0 Å². The summed E-state index contributed by atoms with van der Waals surface area (Å²) in [6, 6.07) is 4.52. The van der Waals surface area contributed by atoms with Gasteiger partial charge in [-0.05, 0) is 108 Å². The fourth-order valence-electron chi connectivity index (χ4n) is 6.92. The van der Waals surface area contributed by atoms with Gasteiger partial charge in [-0.15, -0.1) is 0 Å². The lowest BCUT2D eigenvalue weighted by Gasteiger charge is -2.43. The van der Waals surface area contributed by atoms with Crippen LogP contribution in [0.2, 0.25) is 0 Å². The number of hydrogen-bond donors (Lipinski definition) is 0. The molecule has 1 aromatic carbocycles. The average Bonchev–Trinajstić information content (AvgIpc) is 3.61. The molecule has 2 saturated carbocycles. The molecule has 0 radical (unpaired) electrons. The van der Waals surface area contributed by atoms with Crippen LogP contribution in [0, 0.1) is 17.3 Å². The molecule has 5 rings (SSSR count). The first-order chi connectivity index (χ1) is 17.5. The molecule has 2 heterocycles. The first-order valence-electron chi connectivity index (χ1n) is 14.7. The minimum atomic E-state index is 0.410. The standard InChI is InChI=1S/C31H49N3O2/c1-33(2)20-28-27-19-32-29(26(27)10-12-30(28)36-21-25-7-8-25)11-9-24-13-17-34(18-14-24)22-31(23-35-3)15-5-4-6-16-31/h10,12,24-25H,4-9,11,13-23H2,1-3H3. The molecule has 2 aliphatic carbocycles. The fraction of sp³-hybridized carbons (Fsp3) is 0.774. The second kappa shape index (κ2) is 12.0. The monoisotopic (exact) mass is 495 g/mol. The highest BCUT2D eigenvalue weighted by molar-refractivity contribution is 6.04. The Kier molecular flexibility index (Phi) is 8.70. The SMILES string of the molecule is COCC1(CN2CCC(CCC3=NCc4c3ccc(OCC3CC3)c4CN(C)C)CC2)CCCCC1. The molecule has 1 aromatic rings. The fourth-order valence-corrected chi connectivity index (χ4v) is 6.92. The molecule has 0 amide bonds. The summed E-state index contributed by atoms with van der Waals surface area (Å²) in [4.78, 5) is 10.1. The van der Waals surface area contributed by atoms with E-state index in [9.17, 15) is 0 Å². The molecule has 1 saturated heterocycles. The van der Waals surface area contributed by atoms with E-state index in [4.69, 9.17) is 14.5 Å². The van der Waals surface area contributed by atoms with Crippen LogP contribution in [0.3, 0.4) is 0 Å². The highest BCUT2D eigenvalue weighted by Crippen LogP contribution is 2.39. The number of piperidine rings is 1. The quantitative estimate of drug-likeness (QED) is 0.360. The molecule has 200 valence electrons. The van der Waals surface area contributed by atoms with E-state index in [0.29, 0.717) is 5.41 Å². The van der Waals surface area contributed by atoms with Crippen molar-refractivity contribution < 1.29 is 9.47 Å². The molecular weight excluding hydrogens is 446 g/mol. The van der Waals surface area contributed by atoms with E-state index in [0.717, 1.165) is 50.3 Å². The lowest BCUT2D eigenvalue weighted by Crippen LogP contribution is -2.45. The van der Waals surface area contributed by atoms with E-state index in [1.54, 1.807) is 0 Å². The molecule has 0 spiro atoms. The lowest BCUT2D eigenvalue weighted by molar-refractivity contribution is 0.00878. The van der Waals surface area contributed by atoms with Crippen LogP contribution in [0.25, 0.3) is 0 Å². The molecule has 0 N–H and O–H groups in total. The maximum Gasteiger partial charge on any atom is 0.124 e. The van der Waals surface area contributed by atoms with Gasteiger partial charge in [-0.1, -0.05) is 19.3 Å². The van der Waals surface area contributed by atoms with Crippen molar-refractivity contribution in [2.45, 2.75) is 83.7 Å². The van der Waals surface area contributed by atoms with Gasteiger partial charge in [0, 0.05) is 42.5 Å². The van der Waals surface area contributed by atoms with Crippen LogP contribution in [0.1, 0.15) is 87.3 Å². The number of aliphatic imine (C=N–C) groups is 1. The number of fused-ring (bicyclic) bond motifs is 1. The third-order valence-corrected chi connectivity index (χ3v) is 9.19. The van der Waals surface area contributed by atoms with Crippen LogP contribution >= 0.6 is 0 Å². The zero-order valence-corrected chi connectivity index (χ0v) is 23.2. The van der Waals surface area contributed by atoms with Crippen molar-refractivity contribution in [3.8, 4) is 5.75 Å². The second-order valence-electron chi connectivity index (χ2n) is 12.6. The van der Waals surface area contributed by atoms with E-state index in [1.165, 1.54) is 106 Å². The second-order valence-corrected chi connectivity index (χ2v) is 12.6. The molecular formula is C31H49N3O2. The topological polar surface area (TPSA) is 37.3 Å². The lowest BCUT2D eigenvalue weighted by atomic mass is 9.74. The third-order valence-electron chi connectivity index (χ3n) is 9.19. The van der Waals surface area contributed by atoms with Crippen LogP contribution in [0.15, 0.2) is 17.1 Å². The van der Waals surface area contributed by atoms with Crippen LogP contribution in [0.4, 0.5) is 0 Å². The first kappa shape index (κ1) is 26.2. The van der Waals surface area contributed by atoms with Crippen LogP contribution in [-0.2, 0) is 17.8 Å². The van der Waals surface area contributed by atoms with E-state index >= 15 is 0 Å². The van der Waals surface area contributed by atoms with Gasteiger partial charge < -0.3 is 19.3 Å². The Hall–Kier alpha value is -1.43. The van der Waals surface area contributed by atoms with Gasteiger partial charge in [-0.3, -0.25) is 4.99 Å². The Morgan fingerprint density at radius 3 is 2.50 bits per heavy atom. The molecule has 0 atom stereocenters. The Balaban J connectivity index is 1.14. The van der Waals surface area contributed by atoms with Gasteiger partial charge in [0.15, 0.2) is 0 Å². The zero-order valence-electron chi connectivity index (χ0n) is 23.2. The Morgan fingerprint density at radius 2 is 1.81 bits per heavy atom. The summed E-state index contributed by atoms with van der Waals surface area (Å²) in [6.07, 6.45) is 14.6. The van der Waals surface area contributed by atoms with E-state index in [-0.39, 0.29) is 0 Å². The van der Waals surface area contributed by atoms with Crippen molar-refractivity contribution >= 4 is 5.71 Å². The first-order valence-corrected chi connectivity index (χ1v) is 14.7. The van der Waals surface area contributed by atoms with E-state index in [2.05, 4.69) is 36.0 Å². The van der Waals surface area contributed by atoms with Crippen molar-refractivity contribution in [3.05, 3.63) is 28.8 Å². The normalized spacial score (nSPS) is 22.6. The number of nitrogens with zero attached hydrogens (tertiary/aromatic N) is 3. The van der Waals surface area contributed by atoms with E-state index < -0.39 is 0 Å². The molecule has 2 aliphatic heterocycles. The summed E-state index contributed by atoms with van der Waals surface area (Å²) in [5.74, 6) is 2.69. The molecule has 0 bridgehead atoms. The van der Waals surface area contributed by atoms with Crippen LogP contribution < -0.4 is 4.74 Å². The van der Waals surface area contributed by atoms with Gasteiger partial charge >= 0.3 is 0 Å². The minimum absolute atomic E-state index is 0.410. The zero-order chi connectivity index (χ0) is 25.0.